The minimum atomic E-state index is -0.384. The number of hydrogen-bond donors (Lipinski definition) is 0. The smallest absolute Gasteiger partial charge is 0.293 e. The van der Waals surface area contributed by atoms with Crippen LogP contribution in [0.2, 0.25) is 20.1 Å². The predicted molar refractivity (Wildman–Crippen MR) is 142 cm³/mol. The molecule has 180 valence electrons. The molecule has 0 N–H and O–H groups in total. The monoisotopic (exact) mass is 567 g/mol. The Morgan fingerprint density at radius 1 is 0.886 bits per heavy atom. The zero-order valence-corrected chi connectivity index (χ0v) is 22.0. The van der Waals surface area contributed by atoms with Crippen LogP contribution in [0, 0.1) is 0 Å². The fraction of sp³-hybridized carbons (Fsp3) is 0.120. The topological polar surface area (TPSA) is 55.8 Å². The minimum absolute atomic E-state index is 0.157. The highest BCUT2D eigenvalue weighted by Crippen LogP contribution is 2.39. The predicted octanol–water partition coefficient (Wildman–Crippen LogP) is 8.12. The number of nitrogens with zero attached hydrogens (tertiary/aromatic N) is 1. The number of ether oxygens (including phenoxy) is 2. The quantitative estimate of drug-likeness (QED) is 0.269. The second-order valence-electron chi connectivity index (χ2n) is 7.47. The van der Waals surface area contributed by atoms with Crippen LogP contribution < -0.4 is 9.47 Å². The van der Waals surface area contributed by atoms with Crippen molar-refractivity contribution >= 4 is 75.4 Å². The maximum Gasteiger partial charge on any atom is 0.293 e. The van der Waals surface area contributed by atoms with Crippen molar-refractivity contribution in [3.63, 3.8) is 0 Å². The molecule has 3 aromatic rings. The number of hydrogen-bond acceptors (Lipinski definition) is 5. The Kier molecular flexibility index (Phi) is 8.19. The van der Waals surface area contributed by atoms with Gasteiger partial charge in [0.15, 0.2) is 11.5 Å². The average Bonchev–Trinajstić information content (AvgIpc) is 3.08. The van der Waals surface area contributed by atoms with Gasteiger partial charge >= 0.3 is 0 Å². The fourth-order valence-corrected chi connectivity index (χ4v) is 4.87. The third kappa shape index (κ3) is 6.08. The highest BCUT2D eigenvalue weighted by Gasteiger charge is 2.35. The first-order valence-electron chi connectivity index (χ1n) is 10.2. The van der Waals surface area contributed by atoms with E-state index in [9.17, 15) is 9.59 Å². The van der Waals surface area contributed by atoms with Crippen molar-refractivity contribution in [1.29, 1.82) is 0 Å². The van der Waals surface area contributed by atoms with Crippen molar-refractivity contribution in [3.8, 4) is 11.5 Å². The molecule has 1 aliphatic heterocycles. The number of halogens is 4. The number of benzene rings is 3. The van der Waals surface area contributed by atoms with E-state index in [1.165, 1.54) is 12.0 Å². The molecule has 1 saturated heterocycles. The standard InChI is InChI=1S/C25H17Cl4NO4S/c1-33-21-10-16(9-20(29)23(21)34-13-15-4-7-18(27)19(28)8-15)11-22-24(31)30(25(32)35-22)12-14-2-5-17(26)6-3-14/h2-11H,12-13H2,1H3/b22-11-. The van der Waals surface area contributed by atoms with Crippen LogP contribution in [0.25, 0.3) is 6.08 Å². The van der Waals surface area contributed by atoms with Gasteiger partial charge in [0, 0.05) is 5.02 Å². The summed E-state index contributed by atoms with van der Waals surface area (Å²) in [5.41, 5.74) is 2.19. The maximum absolute atomic E-state index is 12.9. The van der Waals surface area contributed by atoms with E-state index in [-0.39, 0.29) is 34.2 Å². The summed E-state index contributed by atoms with van der Waals surface area (Å²) in [5, 5.41) is 1.39. The number of imide groups is 1. The molecule has 3 aromatic carbocycles. The minimum Gasteiger partial charge on any atom is -0.493 e. The zero-order chi connectivity index (χ0) is 25.1. The summed E-state index contributed by atoms with van der Waals surface area (Å²) in [6.07, 6.45) is 1.60. The lowest BCUT2D eigenvalue weighted by molar-refractivity contribution is -0.123. The van der Waals surface area contributed by atoms with Gasteiger partial charge in [0.05, 0.1) is 33.6 Å². The van der Waals surface area contributed by atoms with E-state index in [2.05, 4.69) is 0 Å². The van der Waals surface area contributed by atoms with Crippen molar-refractivity contribution in [2.24, 2.45) is 0 Å². The van der Waals surface area contributed by atoms with E-state index >= 15 is 0 Å². The molecule has 0 aromatic heterocycles. The van der Waals surface area contributed by atoms with Gasteiger partial charge in [0.1, 0.15) is 6.61 Å². The zero-order valence-electron chi connectivity index (χ0n) is 18.2. The molecule has 0 saturated carbocycles. The largest absolute Gasteiger partial charge is 0.493 e. The maximum atomic E-state index is 12.9. The fourth-order valence-electron chi connectivity index (χ4n) is 3.31. The van der Waals surface area contributed by atoms with Crippen LogP contribution in [-0.2, 0) is 17.9 Å². The summed E-state index contributed by atoms with van der Waals surface area (Å²) in [6, 6.07) is 15.5. The Hall–Kier alpha value is -2.35. The van der Waals surface area contributed by atoms with Gasteiger partial charge in [-0.05, 0) is 70.9 Å². The van der Waals surface area contributed by atoms with Crippen LogP contribution in [0.15, 0.2) is 59.5 Å². The van der Waals surface area contributed by atoms with Crippen LogP contribution in [0.4, 0.5) is 4.79 Å². The third-order valence-electron chi connectivity index (χ3n) is 5.04. The first-order valence-corrected chi connectivity index (χ1v) is 12.5. The summed E-state index contributed by atoms with van der Waals surface area (Å²) in [6.45, 7) is 0.348. The normalized spacial score (nSPS) is 14.7. The molecule has 0 spiro atoms. The van der Waals surface area contributed by atoms with E-state index in [0.29, 0.717) is 32.1 Å². The SMILES string of the molecule is COc1cc(/C=C2\SC(=O)N(Cc3ccc(Cl)cc3)C2=O)cc(Cl)c1OCc1ccc(Cl)c(Cl)c1. The highest BCUT2D eigenvalue weighted by atomic mass is 35.5. The molecule has 0 aliphatic carbocycles. The highest BCUT2D eigenvalue weighted by molar-refractivity contribution is 8.18. The Balaban J connectivity index is 1.52. The van der Waals surface area contributed by atoms with Crippen LogP contribution >= 0.6 is 58.2 Å². The average molecular weight is 569 g/mol. The van der Waals surface area contributed by atoms with Crippen LogP contribution in [0.3, 0.4) is 0 Å². The molecular formula is C25H17Cl4NO4S. The molecule has 2 amide bonds. The molecular weight excluding hydrogens is 552 g/mol. The molecule has 0 atom stereocenters. The van der Waals surface area contributed by atoms with Gasteiger partial charge < -0.3 is 9.47 Å². The van der Waals surface area contributed by atoms with Crippen molar-refractivity contribution in [1.82, 2.24) is 4.90 Å². The lowest BCUT2D eigenvalue weighted by Gasteiger charge is -2.14. The molecule has 1 aliphatic rings. The van der Waals surface area contributed by atoms with E-state index in [1.54, 1.807) is 60.7 Å². The van der Waals surface area contributed by atoms with E-state index < -0.39 is 0 Å². The van der Waals surface area contributed by atoms with Crippen LogP contribution in [0.5, 0.6) is 11.5 Å². The summed E-state index contributed by atoms with van der Waals surface area (Å²) < 4.78 is 11.3. The lowest BCUT2D eigenvalue weighted by atomic mass is 10.1. The van der Waals surface area contributed by atoms with E-state index in [1.807, 2.05) is 0 Å². The molecule has 5 nitrogen and oxygen atoms in total. The van der Waals surface area contributed by atoms with Crippen molar-refractivity contribution < 1.29 is 19.1 Å². The van der Waals surface area contributed by atoms with Gasteiger partial charge in [0.25, 0.3) is 11.1 Å². The molecule has 0 radical (unpaired) electrons. The van der Waals surface area contributed by atoms with E-state index in [0.717, 1.165) is 22.9 Å². The number of rotatable bonds is 7. The second-order valence-corrected chi connectivity index (χ2v) is 10.1. The Bertz CT molecular complexity index is 1330. The molecule has 1 heterocycles. The number of methoxy groups -OCH3 is 1. The summed E-state index contributed by atoms with van der Waals surface area (Å²) in [5.74, 6) is 0.336. The molecule has 0 unspecified atom stereocenters. The first-order chi connectivity index (χ1) is 16.7. The summed E-state index contributed by atoms with van der Waals surface area (Å²) in [7, 11) is 1.49. The summed E-state index contributed by atoms with van der Waals surface area (Å²) in [4.78, 5) is 26.8. The number of thioether (sulfide) groups is 1. The number of amides is 2. The van der Waals surface area contributed by atoms with Crippen LogP contribution in [-0.4, -0.2) is 23.2 Å². The first kappa shape index (κ1) is 25.7. The van der Waals surface area contributed by atoms with Gasteiger partial charge in [-0.15, -0.1) is 0 Å². The Morgan fingerprint density at radius 2 is 1.60 bits per heavy atom. The molecule has 1 fully saturated rings. The van der Waals surface area contributed by atoms with Crippen LogP contribution in [0.1, 0.15) is 16.7 Å². The van der Waals surface area contributed by atoms with Gasteiger partial charge in [-0.25, -0.2) is 0 Å². The Morgan fingerprint density at radius 3 is 2.29 bits per heavy atom. The van der Waals surface area contributed by atoms with Crippen molar-refractivity contribution in [3.05, 3.63) is 96.3 Å². The van der Waals surface area contributed by atoms with E-state index in [4.69, 9.17) is 55.9 Å². The molecule has 35 heavy (non-hydrogen) atoms. The Labute approximate surface area is 226 Å². The van der Waals surface area contributed by atoms with Crippen molar-refractivity contribution in [2.45, 2.75) is 13.2 Å². The number of carbonyl (C=O) groups is 2. The summed E-state index contributed by atoms with van der Waals surface area (Å²) >= 11 is 25.3. The number of carbonyl (C=O) groups excluding carboxylic acids is 2. The third-order valence-corrected chi connectivity index (χ3v) is 7.22. The molecule has 4 rings (SSSR count). The molecule has 10 heteroatoms. The van der Waals surface area contributed by atoms with Gasteiger partial charge in [-0.3, -0.25) is 14.5 Å². The van der Waals surface area contributed by atoms with Gasteiger partial charge in [0.2, 0.25) is 0 Å². The lowest BCUT2D eigenvalue weighted by Crippen LogP contribution is -2.27. The van der Waals surface area contributed by atoms with Crippen molar-refractivity contribution in [2.75, 3.05) is 7.11 Å². The second kappa shape index (κ2) is 11.1. The van der Waals surface area contributed by atoms with Gasteiger partial charge in [-0.2, -0.15) is 0 Å². The van der Waals surface area contributed by atoms with Gasteiger partial charge in [-0.1, -0.05) is 64.6 Å². The molecule has 0 bridgehead atoms.